The second-order valence-corrected chi connectivity index (χ2v) is 5.63. The van der Waals surface area contributed by atoms with Gasteiger partial charge in [-0.1, -0.05) is 24.8 Å². The van der Waals surface area contributed by atoms with Gasteiger partial charge in [-0.05, 0) is 51.7 Å². The van der Waals surface area contributed by atoms with E-state index in [0.29, 0.717) is 0 Å². The van der Waals surface area contributed by atoms with E-state index >= 15 is 0 Å². The third kappa shape index (κ3) is 2.70. The summed E-state index contributed by atoms with van der Waals surface area (Å²) < 4.78 is 0.983. The van der Waals surface area contributed by atoms with Crippen LogP contribution in [0.3, 0.4) is 0 Å². The number of halogens is 1. The van der Waals surface area contributed by atoms with E-state index in [-0.39, 0.29) is 0 Å². The molecule has 3 rings (SSSR count). The number of hydrogen-bond donors (Lipinski definition) is 2. The van der Waals surface area contributed by atoms with Crippen molar-refractivity contribution < 1.29 is 0 Å². The van der Waals surface area contributed by atoms with Crippen LogP contribution < -0.4 is 21.2 Å². The lowest BCUT2D eigenvalue weighted by molar-refractivity contribution is 0.765. The molecule has 0 bridgehead atoms. The van der Waals surface area contributed by atoms with Crippen molar-refractivity contribution in [2.75, 3.05) is 11.9 Å². The van der Waals surface area contributed by atoms with Gasteiger partial charge in [0.25, 0.3) is 0 Å². The second kappa shape index (κ2) is 5.67. The predicted octanol–water partition coefficient (Wildman–Crippen LogP) is 2.57. The zero-order valence-corrected chi connectivity index (χ0v) is 12.7. The largest absolute Gasteiger partial charge is 0.371 e. The molecule has 0 fully saturated rings. The summed E-state index contributed by atoms with van der Waals surface area (Å²) in [5.74, 6) is 0.982. The Morgan fingerprint density at radius 3 is 3.10 bits per heavy atom. The molecule has 2 heterocycles. The van der Waals surface area contributed by atoms with Crippen molar-refractivity contribution in [1.29, 1.82) is 0 Å². The minimum absolute atomic E-state index is 0.918. The van der Waals surface area contributed by atoms with Gasteiger partial charge in [-0.3, -0.25) is 4.99 Å². The van der Waals surface area contributed by atoms with Gasteiger partial charge in [0.05, 0.1) is 15.5 Å². The van der Waals surface area contributed by atoms with E-state index in [1.807, 2.05) is 12.3 Å². The van der Waals surface area contributed by atoms with Crippen molar-refractivity contribution in [2.45, 2.75) is 12.8 Å². The van der Waals surface area contributed by atoms with Gasteiger partial charge in [0.15, 0.2) is 0 Å². The molecular weight excluding hydrogens is 314 g/mol. The van der Waals surface area contributed by atoms with Crippen LogP contribution in [0.15, 0.2) is 57.9 Å². The normalized spacial score (nSPS) is 17.1. The average Bonchev–Trinajstić information content (AvgIpc) is 2.68. The van der Waals surface area contributed by atoms with Crippen LogP contribution in [0.2, 0.25) is 0 Å². The Morgan fingerprint density at radius 2 is 2.25 bits per heavy atom. The van der Waals surface area contributed by atoms with Crippen molar-refractivity contribution in [1.82, 2.24) is 5.32 Å². The Hall–Kier alpha value is -1.81. The van der Waals surface area contributed by atoms with E-state index in [0.717, 1.165) is 51.5 Å². The molecule has 2 aliphatic heterocycles. The van der Waals surface area contributed by atoms with Crippen LogP contribution in [0, 0.1) is 0 Å². The minimum atomic E-state index is 0.918. The Kier molecular flexibility index (Phi) is 3.74. The number of fused-ring (bicyclic) bond motifs is 1. The zero-order valence-electron chi connectivity index (χ0n) is 11.1. The monoisotopic (exact) mass is 329 g/mol. The maximum Gasteiger partial charge on any atom is 0.103 e. The van der Waals surface area contributed by atoms with Gasteiger partial charge in [0.1, 0.15) is 5.82 Å². The zero-order chi connectivity index (χ0) is 13.9. The molecule has 0 saturated heterocycles. The summed E-state index contributed by atoms with van der Waals surface area (Å²) in [5, 5.41) is 8.85. The predicted molar refractivity (Wildman–Crippen MR) is 86.6 cm³/mol. The molecule has 0 aromatic heterocycles. The molecule has 1 aromatic carbocycles. The summed E-state index contributed by atoms with van der Waals surface area (Å²) in [6, 6.07) is 4.16. The standard InChI is InChI=1S/C16H16BrN3/c1-11-7-9-18-14(10-11)20-13-6-5-12-4-2-3-8-19-16(12)15(13)17/h3-6,8,10,18,20H,1-2,7,9H2. The molecule has 2 aliphatic rings. The quantitative estimate of drug-likeness (QED) is 0.874. The molecule has 0 saturated carbocycles. The molecule has 0 radical (unpaired) electrons. The molecule has 0 aliphatic carbocycles. The van der Waals surface area contributed by atoms with E-state index in [4.69, 9.17) is 0 Å². The maximum atomic E-state index is 4.50. The first-order chi connectivity index (χ1) is 9.74. The van der Waals surface area contributed by atoms with Gasteiger partial charge < -0.3 is 10.6 Å². The van der Waals surface area contributed by atoms with Crippen LogP contribution >= 0.6 is 15.9 Å². The van der Waals surface area contributed by atoms with Crippen molar-refractivity contribution in [3.63, 3.8) is 0 Å². The minimum Gasteiger partial charge on any atom is -0.371 e. The molecule has 0 unspecified atom stereocenters. The Morgan fingerprint density at radius 1 is 1.35 bits per heavy atom. The van der Waals surface area contributed by atoms with Crippen LogP contribution in [-0.2, 0) is 0 Å². The molecule has 4 heteroatoms. The molecule has 102 valence electrons. The van der Waals surface area contributed by atoms with Crippen LogP contribution in [0.4, 0.5) is 5.69 Å². The fraction of sp³-hybridized carbons (Fsp3) is 0.188. The smallest absolute Gasteiger partial charge is 0.103 e. The van der Waals surface area contributed by atoms with Gasteiger partial charge in [-0.15, -0.1) is 0 Å². The number of rotatable bonds is 2. The van der Waals surface area contributed by atoms with Crippen LogP contribution in [0.5, 0.6) is 0 Å². The van der Waals surface area contributed by atoms with Gasteiger partial charge in [0.2, 0.25) is 0 Å². The first-order valence-corrected chi connectivity index (χ1v) is 7.45. The lowest BCUT2D eigenvalue weighted by Gasteiger charge is -2.19. The highest BCUT2D eigenvalue weighted by Crippen LogP contribution is 2.19. The van der Waals surface area contributed by atoms with E-state index < -0.39 is 0 Å². The molecule has 20 heavy (non-hydrogen) atoms. The van der Waals surface area contributed by atoms with Crippen molar-refractivity contribution in [3.05, 3.63) is 63.5 Å². The lowest BCUT2D eigenvalue weighted by Crippen LogP contribution is -2.29. The van der Waals surface area contributed by atoms with Gasteiger partial charge in [-0.25, -0.2) is 0 Å². The number of benzene rings is 1. The molecule has 0 atom stereocenters. The van der Waals surface area contributed by atoms with Crippen molar-refractivity contribution in [3.8, 4) is 0 Å². The number of anilines is 1. The summed E-state index contributed by atoms with van der Waals surface area (Å²) >= 11 is 3.66. The second-order valence-electron chi connectivity index (χ2n) is 4.84. The Bertz CT molecular complexity index is 729. The van der Waals surface area contributed by atoms with E-state index in [2.05, 4.69) is 62.4 Å². The average molecular weight is 330 g/mol. The van der Waals surface area contributed by atoms with Crippen LogP contribution in [-0.4, -0.2) is 6.54 Å². The summed E-state index contributed by atoms with van der Waals surface area (Å²) in [4.78, 5) is 4.50. The van der Waals surface area contributed by atoms with Crippen molar-refractivity contribution in [2.24, 2.45) is 4.99 Å². The molecule has 3 nitrogen and oxygen atoms in total. The highest BCUT2D eigenvalue weighted by atomic mass is 79.9. The van der Waals surface area contributed by atoms with Crippen LogP contribution in [0.25, 0.3) is 6.08 Å². The highest BCUT2D eigenvalue weighted by Gasteiger charge is 2.09. The topological polar surface area (TPSA) is 36.4 Å². The molecule has 1 aromatic rings. The van der Waals surface area contributed by atoms with Crippen molar-refractivity contribution >= 4 is 27.7 Å². The number of allylic oxidation sites excluding steroid dienone is 2. The summed E-state index contributed by atoms with van der Waals surface area (Å²) in [7, 11) is 0. The van der Waals surface area contributed by atoms with Gasteiger partial charge >= 0.3 is 0 Å². The first-order valence-electron chi connectivity index (χ1n) is 6.66. The summed E-state index contributed by atoms with van der Waals surface area (Å²) in [6.07, 6.45) is 10.0. The molecule has 0 amide bonds. The first kappa shape index (κ1) is 13.2. The fourth-order valence-electron chi connectivity index (χ4n) is 2.27. The third-order valence-corrected chi connectivity index (χ3v) is 4.11. The number of nitrogens with zero attached hydrogens (tertiary/aromatic N) is 1. The van der Waals surface area contributed by atoms with E-state index in [1.165, 1.54) is 0 Å². The SMILES string of the molecule is C=C1C=C(Nc2ccc3c(c2Br)=NC=CCC=3)NCC1. The highest BCUT2D eigenvalue weighted by molar-refractivity contribution is 9.10. The lowest BCUT2D eigenvalue weighted by atomic mass is 10.1. The summed E-state index contributed by atoms with van der Waals surface area (Å²) in [6.45, 7) is 4.93. The Labute approximate surface area is 126 Å². The fourth-order valence-corrected chi connectivity index (χ4v) is 2.83. The van der Waals surface area contributed by atoms with Crippen LogP contribution in [0.1, 0.15) is 12.8 Å². The summed E-state index contributed by atoms with van der Waals surface area (Å²) in [5.41, 5.74) is 2.14. The Balaban J connectivity index is 2.00. The number of hydrogen-bond acceptors (Lipinski definition) is 3. The third-order valence-electron chi connectivity index (χ3n) is 3.31. The van der Waals surface area contributed by atoms with Gasteiger partial charge in [-0.2, -0.15) is 0 Å². The molecular formula is C16H16BrN3. The van der Waals surface area contributed by atoms with E-state index in [9.17, 15) is 0 Å². The molecule has 2 N–H and O–H groups in total. The van der Waals surface area contributed by atoms with Gasteiger partial charge in [0, 0.05) is 12.7 Å². The maximum absolute atomic E-state index is 4.50. The van der Waals surface area contributed by atoms with E-state index in [1.54, 1.807) is 0 Å². The number of nitrogens with one attached hydrogen (secondary N) is 2. The molecule has 0 spiro atoms.